The van der Waals surface area contributed by atoms with Crippen LogP contribution in [0.2, 0.25) is 0 Å². The second-order valence-electron chi connectivity index (χ2n) is 19.3. The summed E-state index contributed by atoms with van der Waals surface area (Å²) >= 11 is 0. The summed E-state index contributed by atoms with van der Waals surface area (Å²) in [4.78, 5) is 73.7. The van der Waals surface area contributed by atoms with E-state index in [1.165, 1.54) is 64.2 Å². The van der Waals surface area contributed by atoms with Gasteiger partial charge in [-0.15, -0.1) is 0 Å². The first kappa shape index (κ1) is 65.5. The Morgan fingerprint density at radius 2 is 0.833 bits per heavy atom. The van der Waals surface area contributed by atoms with E-state index in [-0.39, 0.29) is 96.4 Å². The molecule has 0 aliphatic carbocycles. The van der Waals surface area contributed by atoms with Crippen LogP contribution in [0.25, 0.3) is 0 Å². The Morgan fingerprint density at radius 3 is 1.31 bits per heavy atom. The fraction of sp³-hybridized carbons (Fsp3) is 0.765. The molecule has 0 saturated carbocycles. The zero-order valence-electron chi connectivity index (χ0n) is 43.5. The molecule has 0 radical (unpaired) electrons. The van der Waals surface area contributed by atoms with E-state index in [1.807, 2.05) is 20.8 Å². The lowest BCUT2D eigenvalue weighted by atomic mass is 10.0. The standard InChI is InChI=1S/C51H82F5N3O13/c1-50(2,3)71-41(63)24-22-20-18-16-14-12-10-8-7-9-11-13-15-17-19-21-23-39(61)59-37(49(65)72-51(4,5)6)25-26-38(60)57-27-29-66-31-33-68-35-40(62)58-28-30-67-32-34-69-36-42(64)70-48-46(55)44(53)43(52)45(54)47(48)56/h37H,7-36H2,1-6H3,(H,57,60)(H,58,62)(H,59,61). The van der Waals surface area contributed by atoms with Gasteiger partial charge < -0.3 is 49.1 Å². The van der Waals surface area contributed by atoms with Crippen LogP contribution in [0.15, 0.2) is 0 Å². The number of nitrogens with one attached hydrogen (secondary N) is 3. The van der Waals surface area contributed by atoms with Crippen molar-refractivity contribution in [2.24, 2.45) is 0 Å². The first-order chi connectivity index (χ1) is 34.1. The Labute approximate surface area is 422 Å². The predicted octanol–water partition coefficient (Wildman–Crippen LogP) is 8.56. The molecule has 0 saturated heterocycles. The van der Waals surface area contributed by atoms with E-state index >= 15 is 0 Å². The van der Waals surface area contributed by atoms with Gasteiger partial charge in [0.25, 0.3) is 0 Å². The van der Waals surface area contributed by atoms with Crippen molar-refractivity contribution in [2.75, 3.05) is 65.9 Å². The van der Waals surface area contributed by atoms with Crippen molar-refractivity contribution < 1.29 is 83.9 Å². The van der Waals surface area contributed by atoms with Crippen molar-refractivity contribution in [2.45, 2.75) is 187 Å². The van der Waals surface area contributed by atoms with Crippen molar-refractivity contribution in [3.05, 3.63) is 29.1 Å². The SMILES string of the molecule is CC(C)(C)OC(=O)CCCCCCCCCCCCCCCCCCC(=O)NC(CCC(=O)NCCOCCOCC(=O)NCCOCCOCC(=O)Oc1c(F)c(F)c(F)c(F)c1F)C(=O)OC(C)(C)C. The van der Waals surface area contributed by atoms with E-state index in [2.05, 4.69) is 20.7 Å². The molecule has 1 unspecified atom stereocenters. The van der Waals surface area contributed by atoms with Crippen LogP contribution in [-0.4, -0.2) is 119 Å². The van der Waals surface area contributed by atoms with E-state index in [1.54, 1.807) is 20.8 Å². The third kappa shape index (κ3) is 34.0. The Bertz CT molecular complexity index is 1730. The monoisotopic (exact) mass is 1040 g/mol. The van der Waals surface area contributed by atoms with Gasteiger partial charge in [-0.2, -0.15) is 8.78 Å². The summed E-state index contributed by atoms with van der Waals surface area (Å²) in [6.07, 6.45) is 18.9. The van der Waals surface area contributed by atoms with Crippen molar-refractivity contribution in [3.63, 3.8) is 0 Å². The molecule has 0 bridgehead atoms. The van der Waals surface area contributed by atoms with Crippen molar-refractivity contribution in [3.8, 4) is 5.75 Å². The van der Waals surface area contributed by atoms with Crippen LogP contribution in [-0.2, 0) is 57.2 Å². The van der Waals surface area contributed by atoms with Crippen LogP contribution in [0.3, 0.4) is 0 Å². The largest absolute Gasteiger partial charge is 0.460 e. The van der Waals surface area contributed by atoms with Gasteiger partial charge in [0.1, 0.15) is 30.5 Å². The summed E-state index contributed by atoms with van der Waals surface area (Å²) in [7, 11) is 0. The molecule has 0 heterocycles. The number of amides is 3. The number of halogens is 5. The molecule has 3 N–H and O–H groups in total. The lowest BCUT2D eigenvalue weighted by Crippen LogP contribution is -2.44. The topological polar surface area (TPSA) is 203 Å². The fourth-order valence-corrected chi connectivity index (χ4v) is 6.83. The number of hydrogen-bond donors (Lipinski definition) is 3. The van der Waals surface area contributed by atoms with E-state index in [4.69, 9.17) is 28.4 Å². The maximum atomic E-state index is 13.6. The summed E-state index contributed by atoms with van der Waals surface area (Å²) in [6.45, 7) is 10.2. The molecule has 0 aliphatic heterocycles. The Morgan fingerprint density at radius 1 is 0.431 bits per heavy atom. The highest BCUT2D eigenvalue weighted by Crippen LogP contribution is 2.29. The van der Waals surface area contributed by atoms with Gasteiger partial charge in [0.2, 0.25) is 52.6 Å². The molecule has 0 fully saturated rings. The minimum Gasteiger partial charge on any atom is -0.460 e. The van der Waals surface area contributed by atoms with E-state index in [0.29, 0.717) is 12.8 Å². The van der Waals surface area contributed by atoms with Crippen molar-refractivity contribution >= 4 is 35.6 Å². The summed E-state index contributed by atoms with van der Waals surface area (Å²) < 4.78 is 103. The van der Waals surface area contributed by atoms with Gasteiger partial charge in [0.05, 0.1) is 39.6 Å². The highest BCUT2D eigenvalue weighted by Gasteiger charge is 2.29. The Balaban J connectivity index is 2.08. The van der Waals surface area contributed by atoms with Crippen LogP contribution in [0, 0.1) is 29.1 Å². The third-order valence-electron chi connectivity index (χ3n) is 10.4. The van der Waals surface area contributed by atoms with E-state index in [9.17, 15) is 50.7 Å². The van der Waals surface area contributed by atoms with Crippen LogP contribution >= 0.6 is 0 Å². The van der Waals surface area contributed by atoms with Gasteiger partial charge in [-0.05, 0) is 60.8 Å². The molecule has 414 valence electrons. The zero-order chi connectivity index (χ0) is 53.8. The third-order valence-corrected chi connectivity index (χ3v) is 10.4. The number of hydrogen-bond acceptors (Lipinski definition) is 13. The molecule has 72 heavy (non-hydrogen) atoms. The quantitative estimate of drug-likeness (QED) is 0.0141. The van der Waals surface area contributed by atoms with E-state index in [0.717, 1.165) is 32.1 Å². The van der Waals surface area contributed by atoms with Crippen molar-refractivity contribution in [1.82, 2.24) is 16.0 Å². The van der Waals surface area contributed by atoms with Crippen LogP contribution in [0.4, 0.5) is 22.0 Å². The molecular weight excluding hydrogens is 958 g/mol. The lowest BCUT2D eigenvalue weighted by Gasteiger charge is -2.24. The van der Waals surface area contributed by atoms with Crippen LogP contribution in [0.1, 0.15) is 170 Å². The predicted molar refractivity (Wildman–Crippen MR) is 257 cm³/mol. The summed E-state index contributed by atoms with van der Waals surface area (Å²) in [5, 5.41) is 8.01. The number of benzene rings is 1. The second kappa shape index (κ2) is 38.2. The molecule has 1 aromatic rings. The Kier molecular flexibility index (Phi) is 34.7. The average molecular weight is 1040 g/mol. The van der Waals surface area contributed by atoms with Crippen LogP contribution in [0.5, 0.6) is 5.75 Å². The lowest BCUT2D eigenvalue weighted by molar-refractivity contribution is -0.159. The number of esters is 3. The molecule has 0 aromatic heterocycles. The molecular formula is C51H82F5N3O13. The summed E-state index contributed by atoms with van der Waals surface area (Å²) in [6, 6.07) is -0.973. The molecule has 1 aromatic carbocycles. The normalized spacial score (nSPS) is 12.0. The average Bonchev–Trinajstić information content (AvgIpc) is 3.30. The smallest absolute Gasteiger partial charge is 0.337 e. The molecule has 3 amide bonds. The second-order valence-corrected chi connectivity index (χ2v) is 19.3. The zero-order valence-corrected chi connectivity index (χ0v) is 43.5. The number of carbonyl (C=O) groups is 6. The maximum Gasteiger partial charge on any atom is 0.337 e. The molecule has 21 heteroatoms. The highest BCUT2D eigenvalue weighted by atomic mass is 19.2. The molecule has 1 rings (SSSR count). The fourth-order valence-electron chi connectivity index (χ4n) is 6.83. The van der Waals surface area contributed by atoms with Gasteiger partial charge in [-0.1, -0.05) is 89.9 Å². The Hall–Kier alpha value is -4.47. The number of rotatable bonds is 41. The summed E-state index contributed by atoms with van der Waals surface area (Å²) in [5.74, 6) is -16.4. The van der Waals surface area contributed by atoms with Crippen LogP contribution < -0.4 is 20.7 Å². The molecule has 16 nitrogen and oxygen atoms in total. The van der Waals surface area contributed by atoms with Gasteiger partial charge in [-0.25, -0.2) is 22.8 Å². The molecule has 0 aliphatic rings. The number of unbranched alkanes of at least 4 members (excludes halogenated alkanes) is 15. The van der Waals surface area contributed by atoms with Crippen molar-refractivity contribution in [1.29, 1.82) is 0 Å². The van der Waals surface area contributed by atoms with Gasteiger partial charge in [0.15, 0.2) is 0 Å². The molecule has 0 spiro atoms. The first-order valence-corrected chi connectivity index (χ1v) is 25.4. The van der Waals surface area contributed by atoms with E-state index < -0.39 is 76.5 Å². The number of ether oxygens (including phenoxy) is 7. The number of carbonyl (C=O) groups excluding carboxylic acids is 6. The first-order valence-electron chi connectivity index (χ1n) is 25.4. The maximum absolute atomic E-state index is 13.6. The minimum atomic E-state index is -2.39. The summed E-state index contributed by atoms with van der Waals surface area (Å²) in [5.41, 5.74) is -1.19. The van der Waals surface area contributed by atoms with Gasteiger partial charge in [0, 0.05) is 32.4 Å². The highest BCUT2D eigenvalue weighted by molar-refractivity contribution is 5.85. The molecule has 1 atom stereocenters. The minimum absolute atomic E-state index is 0.0294. The van der Waals surface area contributed by atoms with Gasteiger partial charge >= 0.3 is 17.9 Å². The van der Waals surface area contributed by atoms with Gasteiger partial charge in [-0.3, -0.25) is 19.2 Å².